The number of halogens is 1. The number of anilines is 1. The van der Waals surface area contributed by atoms with E-state index in [2.05, 4.69) is 20.3 Å². The summed E-state index contributed by atoms with van der Waals surface area (Å²) >= 11 is 6.25. The van der Waals surface area contributed by atoms with Gasteiger partial charge in [-0.1, -0.05) is 53.2 Å². The van der Waals surface area contributed by atoms with Crippen molar-refractivity contribution in [3.8, 4) is 0 Å². The van der Waals surface area contributed by atoms with E-state index in [1.165, 1.54) is 0 Å². The molecule has 3 aromatic rings. The summed E-state index contributed by atoms with van der Waals surface area (Å²) in [5, 5.41) is 7.80. The molecule has 0 radical (unpaired) electrons. The maximum Gasteiger partial charge on any atom is 0.246 e. The first-order valence-electron chi connectivity index (χ1n) is 10.5. The molecule has 7 heteroatoms. The molecule has 1 atom stereocenters. The molecular weight excluding hydrogens is 412 g/mol. The smallest absolute Gasteiger partial charge is 0.246 e. The minimum atomic E-state index is -0.363. The summed E-state index contributed by atoms with van der Waals surface area (Å²) in [4.78, 5) is 17.9. The number of aromatic nitrogens is 1. The number of amides is 1. The lowest BCUT2D eigenvalue weighted by molar-refractivity contribution is -0.122. The molecular formula is C24H27ClN4O2. The Morgan fingerprint density at radius 1 is 1.10 bits per heavy atom. The van der Waals surface area contributed by atoms with Crippen molar-refractivity contribution in [3.63, 3.8) is 0 Å². The fourth-order valence-electron chi connectivity index (χ4n) is 3.95. The molecule has 0 spiro atoms. The van der Waals surface area contributed by atoms with Crippen LogP contribution in [-0.2, 0) is 11.3 Å². The Hall–Kier alpha value is -2.67. The summed E-state index contributed by atoms with van der Waals surface area (Å²) in [5.41, 5.74) is 3.62. The van der Waals surface area contributed by atoms with Crippen LogP contribution in [0.4, 0.5) is 5.69 Å². The quantitative estimate of drug-likeness (QED) is 0.616. The van der Waals surface area contributed by atoms with Crippen molar-refractivity contribution in [2.75, 3.05) is 31.5 Å². The Morgan fingerprint density at radius 3 is 2.48 bits per heavy atom. The van der Waals surface area contributed by atoms with Crippen molar-refractivity contribution in [3.05, 3.63) is 82.2 Å². The first-order chi connectivity index (χ1) is 15.0. The third-order valence-electron chi connectivity index (χ3n) is 5.64. The molecule has 1 aliphatic heterocycles. The monoisotopic (exact) mass is 438 g/mol. The van der Waals surface area contributed by atoms with Gasteiger partial charge in [-0.05, 0) is 37.1 Å². The van der Waals surface area contributed by atoms with Crippen molar-refractivity contribution in [1.82, 2.24) is 15.0 Å². The third kappa shape index (κ3) is 5.34. The molecule has 1 aliphatic rings. The summed E-state index contributed by atoms with van der Waals surface area (Å²) in [5.74, 6) is 0.775. The highest BCUT2D eigenvalue weighted by Crippen LogP contribution is 2.26. The summed E-state index contributed by atoms with van der Waals surface area (Å²) in [6.07, 6.45) is 0. The van der Waals surface area contributed by atoms with Crippen LogP contribution < -0.4 is 5.32 Å². The van der Waals surface area contributed by atoms with E-state index < -0.39 is 0 Å². The highest BCUT2D eigenvalue weighted by molar-refractivity contribution is 6.31. The van der Waals surface area contributed by atoms with Crippen molar-refractivity contribution < 1.29 is 9.32 Å². The van der Waals surface area contributed by atoms with E-state index in [0.717, 1.165) is 55.3 Å². The van der Waals surface area contributed by atoms with E-state index in [-0.39, 0.29) is 11.9 Å². The molecule has 2 heterocycles. The zero-order chi connectivity index (χ0) is 21.8. The van der Waals surface area contributed by atoms with Crippen LogP contribution in [-0.4, -0.2) is 47.0 Å². The standard InChI is InChI=1S/C24H27ClN4O2/c1-17-8-9-20(15-22(17)25)26-24(30)23(19-6-4-3-5-7-19)29-12-10-28(11-13-29)16-21-14-18(2)31-27-21/h3-9,14-15,23H,10-13,16H2,1-2H3,(H,26,30). The van der Waals surface area contributed by atoms with Gasteiger partial charge in [-0.25, -0.2) is 0 Å². The Balaban J connectivity index is 1.46. The molecule has 0 bridgehead atoms. The van der Waals surface area contributed by atoms with Gasteiger partial charge in [0.05, 0.1) is 5.69 Å². The molecule has 1 saturated heterocycles. The van der Waals surface area contributed by atoms with E-state index in [9.17, 15) is 4.79 Å². The van der Waals surface area contributed by atoms with Crippen LogP contribution in [0.1, 0.15) is 28.6 Å². The SMILES string of the molecule is Cc1cc(CN2CCN(C(C(=O)Nc3ccc(C)c(Cl)c3)c3ccccc3)CC2)no1. The zero-order valence-corrected chi connectivity index (χ0v) is 18.6. The van der Waals surface area contributed by atoms with Crippen LogP contribution in [0.3, 0.4) is 0 Å². The number of hydrogen-bond donors (Lipinski definition) is 1. The first-order valence-corrected chi connectivity index (χ1v) is 10.9. The number of hydrogen-bond acceptors (Lipinski definition) is 5. The van der Waals surface area contributed by atoms with E-state index in [1.807, 2.05) is 62.4 Å². The van der Waals surface area contributed by atoms with Crippen LogP contribution in [0.15, 0.2) is 59.1 Å². The van der Waals surface area contributed by atoms with Gasteiger partial charge in [0.15, 0.2) is 0 Å². The van der Waals surface area contributed by atoms with Crippen molar-refractivity contribution in [1.29, 1.82) is 0 Å². The third-order valence-corrected chi connectivity index (χ3v) is 6.04. The van der Waals surface area contributed by atoms with Crippen LogP contribution in [0.2, 0.25) is 5.02 Å². The van der Waals surface area contributed by atoms with E-state index >= 15 is 0 Å². The predicted molar refractivity (Wildman–Crippen MR) is 122 cm³/mol. The number of nitrogens with one attached hydrogen (secondary N) is 1. The Kier molecular flexibility index (Phi) is 6.70. The summed E-state index contributed by atoms with van der Waals surface area (Å²) in [6, 6.07) is 17.2. The molecule has 2 aromatic carbocycles. The van der Waals surface area contributed by atoms with Gasteiger partial charge < -0.3 is 9.84 Å². The molecule has 162 valence electrons. The van der Waals surface area contributed by atoms with Gasteiger partial charge in [0, 0.05) is 49.5 Å². The molecule has 1 aromatic heterocycles. The predicted octanol–water partition coefficient (Wildman–Crippen LogP) is 4.44. The number of carbonyl (C=O) groups excluding carboxylic acids is 1. The number of rotatable bonds is 6. The van der Waals surface area contributed by atoms with Crippen molar-refractivity contribution in [2.24, 2.45) is 0 Å². The Morgan fingerprint density at radius 2 is 1.84 bits per heavy atom. The molecule has 0 aliphatic carbocycles. The molecule has 6 nitrogen and oxygen atoms in total. The van der Waals surface area contributed by atoms with E-state index in [4.69, 9.17) is 16.1 Å². The number of piperazine rings is 1. The summed E-state index contributed by atoms with van der Waals surface area (Å²) in [7, 11) is 0. The van der Waals surface area contributed by atoms with Gasteiger partial charge >= 0.3 is 0 Å². The highest BCUT2D eigenvalue weighted by atomic mass is 35.5. The number of carbonyl (C=O) groups is 1. The average Bonchev–Trinajstić information content (AvgIpc) is 3.17. The Labute approximate surface area is 187 Å². The van der Waals surface area contributed by atoms with Gasteiger partial charge in [-0.15, -0.1) is 0 Å². The van der Waals surface area contributed by atoms with Crippen LogP contribution >= 0.6 is 11.6 Å². The second-order valence-electron chi connectivity index (χ2n) is 8.01. The van der Waals surface area contributed by atoms with Gasteiger partial charge in [0.25, 0.3) is 0 Å². The summed E-state index contributed by atoms with van der Waals surface area (Å²) < 4.78 is 5.18. The molecule has 4 rings (SSSR count). The maximum atomic E-state index is 13.4. The lowest BCUT2D eigenvalue weighted by Crippen LogP contribution is -2.49. The molecule has 1 unspecified atom stereocenters. The number of benzene rings is 2. The topological polar surface area (TPSA) is 61.6 Å². The van der Waals surface area contributed by atoms with Crippen LogP contribution in [0, 0.1) is 13.8 Å². The first kappa shape index (κ1) is 21.6. The van der Waals surface area contributed by atoms with E-state index in [1.54, 1.807) is 6.07 Å². The summed E-state index contributed by atoms with van der Waals surface area (Å²) in [6.45, 7) is 7.91. The largest absolute Gasteiger partial charge is 0.361 e. The second kappa shape index (κ2) is 9.64. The fraction of sp³-hybridized carbons (Fsp3) is 0.333. The average molecular weight is 439 g/mol. The lowest BCUT2D eigenvalue weighted by atomic mass is 10.0. The normalized spacial score (nSPS) is 16.2. The maximum absolute atomic E-state index is 13.4. The zero-order valence-electron chi connectivity index (χ0n) is 17.8. The number of nitrogens with zero attached hydrogens (tertiary/aromatic N) is 3. The van der Waals surface area contributed by atoms with E-state index in [0.29, 0.717) is 10.7 Å². The molecule has 31 heavy (non-hydrogen) atoms. The van der Waals surface area contributed by atoms with Crippen molar-refractivity contribution >= 4 is 23.2 Å². The Bertz CT molecular complexity index is 1030. The van der Waals surface area contributed by atoms with Gasteiger partial charge in [-0.3, -0.25) is 14.6 Å². The fourth-order valence-corrected chi connectivity index (χ4v) is 4.13. The molecule has 1 fully saturated rings. The minimum absolute atomic E-state index is 0.0494. The van der Waals surface area contributed by atoms with Crippen LogP contribution in [0.25, 0.3) is 0 Å². The van der Waals surface area contributed by atoms with Gasteiger partial charge in [0.2, 0.25) is 5.91 Å². The van der Waals surface area contributed by atoms with Gasteiger partial charge in [0.1, 0.15) is 11.8 Å². The number of aryl methyl sites for hydroxylation is 2. The lowest BCUT2D eigenvalue weighted by Gasteiger charge is -2.38. The second-order valence-corrected chi connectivity index (χ2v) is 8.41. The van der Waals surface area contributed by atoms with Gasteiger partial charge in [-0.2, -0.15) is 0 Å². The molecule has 0 saturated carbocycles. The molecule has 1 amide bonds. The van der Waals surface area contributed by atoms with Crippen molar-refractivity contribution in [2.45, 2.75) is 26.4 Å². The minimum Gasteiger partial charge on any atom is -0.361 e. The molecule has 1 N–H and O–H groups in total. The highest BCUT2D eigenvalue weighted by Gasteiger charge is 2.30. The van der Waals surface area contributed by atoms with Crippen LogP contribution in [0.5, 0.6) is 0 Å².